The van der Waals surface area contributed by atoms with Gasteiger partial charge in [-0.05, 0) is 85.1 Å². The molecule has 2 heterocycles. The number of nitrogens with one attached hydrogen (secondary N) is 1. The Balaban J connectivity index is 1.31. The number of piperidine rings is 1. The number of benzene rings is 2. The monoisotopic (exact) mass is 438 g/mol. The van der Waals surface area contributed by atoms with Gasteiger partial charge in [-0.25, -0.2) is 0 Å². The molecular formula is C25H27ClN2OS. The second-order valence-corrected chi connectivity index (χ2v) is 9.45. The zero-order valence-corrected chi connectivity index (χ0v) is 18.8. The summed E-state index contributed by atoms with van der Waals surface area (Å²) in [6.07, 6.45) is 2.37. The summed E-state index contributed by atoms with van der Waals surface area (Å²) in [6, 6.07) is 17.9. The summed E-state index contributed by atoms with van der Waals surface area (Å²) in [5, 5.41) is 5.77. The maximum absolute atomic E-state index is 12.4. The number of carbonyl (C=O) groups is 1. The van der Waals surface area contributed by atoms with Crippen molar-refractivity contribution in [2.24, 2.45) is 0 Å². The van der Waals surface area contributed by atoms with Gasteiger partial charge in [0.05, 0.1) is 0 Å². The Hall–Kier alpha value is -2.14. The lowest BCUT2D eigenvalue weighted by Gasteiger charge is -2.32. The van der Waals surface area contributed by atoms with Crippen molar-refractivity contribution >= 4 is 28.8 Å². The van der Waals surface area contributed by atoms with Gasteiger partial charge in [-0.2, -0.15) is 0 Å². The first-order valence-electron chi connectivity index (χ1n) is 10.5. The average Bonchev–Trinajstić information content (AvgIpc) is 3.17. The number of thiophene rings is 1. The van der Waals surface area contributed by atoms with Crippen molar-refractivity contribution in [3.8, 4) is 0 Å². The van der Waals surface area contributed by atoms with Crippen LogP contribution in [-0.4, -0.2) is 23.9 Å². The summed E-state index contributed by atoms with van der Waals surface area (Å²) in [7, 11) is 0. The molecule has 30 heavy (non-hydrogen) atoms. The third-order valence-corrected chi connectivity index (χ3v) is 7.13. The standard InChI is InChI=1S/C25H27ClN2OS/c1-18-10-13-30-24(18)17-28-11-8-20(9-12-28)21-5-2-4-19(14-21)16-27-25(29)22-6-3-7-23(26)15-22/h2-7,10,13-15,20H,8-9,11-12,16-17H2,1H3,(H,27,29). The molecule has 3 nitrogen and oxygen atoms in total. The lowest BCUT2D eigenvalue weighted by molar-refractivity contribution is 0.0951. The number of halogens is 1. The van der Waals surface area contributed by atoms with Gasteiger partial charge in [0.2, 0.25) is 0 Å². The minimum Gasteiger partial charge on any atom is -0.348 e. The Kier molecular flexibility index (Phi) is 6.88. The Morgan fingerprint density at radius 2 is 1.93 bits per heavy atom. The number of likely N-dealkylation sites (tertiary alicyclic amines) is 1. The first-order chi connectivity index (χ1) is 14.6. The minimum atomic E-state index is -0.0971. The number of hydrogen-bond acceptors (Lipinski definition) is 3. The van der Waals surface area contributed by atoms with E-state index in [1.165, 1.54) is 28.8 Å². The van der Waals surface area contributed by atoms with Gasteiger partial charge in [0.25, 0.3) is 5.91 Å². The van der Waals surface area contributed by atoms with Gasteiger partial charge in [0.1, 0.15) is 0 Å². The maximum atomic E-state index is 12.4. The second-order valence-electron chi connectivity index (χ2n) is 8.02. The summed E-state index contributed by atoms with van der Waals surface area (Å²) in [5.74, 6) is 0.495. The van der Waals surface area contributed by atoms with Crippen molar-refractivity contribution in [1.82, 2.24) is 10.2 Å². The molecule has 0 radical (unpaired) electrons. The predicted octanol–water partition coefficient (Wildman–Crippen LogP) is 6.02. The average molecular weight is 439 g/mol. The smallest absolute Gasteiger partial charge is 0.251 e. The third-order valence-electron chi connectivity index (χ3n) is 5.89. The van der Waals surface area contributed by atoms with Gasteiger partial charge >= 0.3 is 0 Å². The fourth-order valence-electron chi connectivity index (χ4n) is 4.06. The number of hydrogen-bond donors (Lipinski definition) is 1. The molecule has 0 unspecified atom stereocenters. The Morgan fingerprint density at radius 1 is 1.13 bits per heavy atom. The number of amides is 1. The maximum Gasteiger partial charge on any atom is 0.251 e. The van der Waals surface area contributed by atoms with E-state index in [4.69, 9.17) is 11.6 Å². The van der Waals surface area contributed by atoms with Crippen LogP contribution in [0.3, 0.4) is 0 Å². The van der Waals surface area contributed by atoms with Crippen molar-refractivity contribution < 1.29 is 4.79 Å². The van der Waals surface area contributed by atoms with Gasteiger partial charge in [-0.3, -0.25) is 9.69 Å². The first-order valence-corrected chi connectivity index (χ1v) is 11.7. The lowest BCUT2D eigenvalue weighted by Crippen LogP contribution is -2.32. The van der Waals surface area contributed by atoms with E-state index < -0.39 is 0 Å². The molecule has 0 atom stereocenters. The second kappa shape index (κ2) is 9.78. The van der Waals surface area contributed by atoms with Crippen LogP contribution >= 0.6 is 22.9 Å². The molecule has 1 aromatic heterocycles. The van der Waals surface area contributed by atoms with Crippen molar-refractivity contribution in [3.63, 3.8) is 0 Å². The van der Waals surface area contributed by atoms with E-state index in [9.17, 15) is 4.79 Å². The van der Waals surface area contributed by atoms with Gasteiger partial charge in [-0.15, -0.1) is 11.3 Å². The number of carbonyl (C=O) groups excluding carboxylic acids is 1. The zero-order valence-electron chi connectivity index (χ0n) is 17.2. The van der Waals surface area contributed by atoms with Crippen molar-refractivity contribution in [3.05, 3.63) is 92.1 Å². The summed E-state index contributed by atoms with van der Waals surface area (Å²) in [5.41, 5.74) is 4.53. The highest BCUT2D eigenvalue weighted by atomic mass is 35.5. The van der Waals surface area contributed by atoms with Crippen LogP contribution in [0.4, 0.5) is 0 Å². The highest BCUT2D eigenvalue weighted by Crippen LogP contribution is 2.30. The van der Waals surface area contributed by atoms with Crippen LogP contribution in [-0.2, 0) is 13.1 Å². The Morgan fingerprint density at radius 3 is 2.67 bits per heavy atom. The van der Waals surface area contributed by atoms with Gasteiger partial charge in [0.15, 0.2) is 0 Å². The van der Waals surface area contributed by atoms with Crippen LogP contribution in [0.5, 0.6) is 0 Å². The molecule has 1 saturated heterocycles. The van der Waals surface area contributed by atoms with Crippen LogP contribution < -0.4 is 5.32 Å². The molecular weight excluding hydrogens is 412 g/mol. The Labute approximate surface area is 187 Å². The zero-order chi connectivity index (χ0) is 20.9. The Bertz CT molecular complexity index is 1010. The highest BCUT2D eigenvalue weighted by Gasteiger charge is 2.21. The van der Waals surface area contributed by atoms with Gasteiger partial charge < -0.3 is 5.32 Å². The van der Waals surface area contributed by atoms with Gasteiger partial charge in [0, 0.05) is 28.6 Å². The molecule has 1 amide bonds. The largest absolute Gasteiger partial charge is 0.348 e. The lowest BCUT2D eigenvalue weighted by atomic mass is 9.88. The topological polar surface area (TPSA) is 32.3 Å². The van der Waals surface area contributed by atoms with E-state index in [1.54, 1.807) is 24.3 Å². The van der Waals surface area contributed by atoms with E-state index in [1.807, 2.05) is 11.3 Å². The predicted molar refractivity (Wildman–Crippen MR) is 125 cm³/mol. The van der Waals surface area contributed by atoms with Crippen LogP contribution in [0.1, 0.15) is 50.7 Å². The molecule has 4 rings (SSSR count). The molecule has 0 spiro atoms. The summed E-state index contributed by atoms with van der Waals surface area (Å²) < 4.78 is 0. The molecule has 1 aliphatic heterocycles. The van der Waals surface area contributed by atoms with Crippen LogP contribution in [0.25, 0.3) is 0 Å². The molecule has 3 aromatic rings. The molecule has 5 heteroatoms. The molecule has 1 fully saturated rings. The highest BCUT2D eigenvalue weighted by molar-refractivity contribution is 7.10. The molecule has 0 aliphatic carbocycles. The van der Waals surface area contributed by atoms with Crippen molar-refractivity contribution in [1.29, 1.82) is 0 Å². The normalized spacial score (nSPS) is 15.3. The quantitative estimate of drug-likeness (QED) is 0.510. The molecule has 2 aromatic carbocycles. The van der Waals surface area contributed by atoms with Crippen LogP contribution in [0.2, 0.25) is 5.02 Å². The van der Waals surface area contributed by atoms with Crippen molar-refractivity contribution in [2.45, 2.75) is 38.8 Å². The van der Waals surface area contributed by atoms with E-state index in [2.05, 4.69) is 52.9 Å². The van der Waals surface area contributed by atoms with Crippen LogP contribution in [0.15, 0.2) is 60.0 Å². The number of aryl methyl sites for hydroxylation is 1. The fourth-order valence-corrected chi connectivity index (χ4v) is 5.20. The van der Waals surface area contributed by atoms with E-state index >= 15 is 0 Å². The van der Waals surface area contributed by atoms with E-state index in [-0.39, 0.29) is 5.91 Å². The minimum absolute atomic E-state index is 0.0971. The van der Waals surface area contributed by atoms with Crippen LogP contribution in [0, 0.1) is 6.92 Å². The molecule has 1 aliphatic rings. The van der Waals surface area contributed by atoms with Gasteiger partial charge in [-0.1, -0.05) is 41.9 Å². The molecule has 0 bridgehead atoms. The van der Waals surface area contributed by atoms with E-state index in [0.29, 0.717) is 23.0 Å². The SMILES string of the molecule is Cc1ccsc1CN1CCC(c2cccc(CNC(=O)c3cccc(Cl)c3)c2)CC1. The summed E-state index contributed by atoms with van der Waals surface area (Å²) in [6.45, 7) is 6.08. The molecule has 156 valence electrons. The number of rotatable bonds is 6. The third kappa shape index (κ3) is 5.31. The fraction of sp³-hybridized carbons (Fsp3) is 0.320. The van der Waals surface area contributed by atoms with Crippen molar-refractivity contribution in [2.75, 3.05) is 13.1 Å². The molecule has 1 N–H and O–H groups in total. The summed E-state index contributed by atoms with van der Waals surface area (Å²) in [4.78, 5) is 16.4. The first kappa shape index (κ1) is 21.1. The van der Waals surface area contributed by atoms with E-state index in [0.717, 1.165) is 25.2 Å². The molecule has 0 saturated carbocycles. The number of nitrogens with zero attached hydrogens (tertiary/aromatic N) is 1. The summed E-state index contributed by atoms with van der Waals surface area (Å²) >= 11 is 7.85.